The molecule has 2 rings (SSSR count). The molecule has 3 N–H and O–H groups in total. The van der Waals surface area contributed by atoms with Gasteiger partial charge in [0, 0.05) is 18.3 Å². The smallest absolute Gasteiger partial charge is 0.237 e. The van der Waals surface area contributed by atoms with E-state index < -0.39 is 5.54 Å². The minimum absolute atomic E-state index is 0.256. The van der Waals surface area contributed by atoms with Crippen molar-refractivity contribution in [3.8, 4) is 0 Å². The molecule has 1 heterocycles. The Morgan fingerprint density at radius 3 is 2.55 bits per heavy atom. The molecule has 0 radical (unpaired) electrons. The zero-order valence-corrected chi connectivity index (χ0v) is 13.0. The molecule has 1 fully saturated rings. The topological polar surface area (TPSA) is 72.9 Å². The van der Waals surface area contributed by atoms with Gasteiger partial charge < -0.3 is 11.1 Å². The summed E-state index contributed by atoms with van der Waals surface area (Å²) in [6.45, 7) is 8.96. The third-order valence-corrected chi connectivity index (χ3v) is 4.43. The molecule has 0 saturated heterocycles. The van der Waals surface area contributed by atoms with Gasteiger partial charge in [-0.3, -0.25) is 9.48 Å². The lowest BCUT2D eigenvalue weighted by Crippen LogP contribution is -2.54. The van der Waals surface area contributed by atoms with Crippen molar-refractivity contribution in [2.45, 2.75) is 71.5 Å². The molecule has 1 saturated carbocycles. The van der Waals surface area contributed by atoms with Crippen LogP contribution in [0.25, 0.3) is 0 Å². The minimum Gasteiger partial charge on any atom is -0.368 e. The van der Waals surface area contributed by atoms with E-state index in [9.17, 15) is 4.79 Å². The Bertz CT molecular complexity index is 504. The average molecular weight is 278 g/mol. The zero-order chi connectivity index (χ0) is 14.9. The van der Waals surface area contributed by atoms with E-state index in [1.165, 1.54) is 11.3 Å². The number of nitrogens with one attached hydrogen (secondary N) is 1. The fourth-order valence-electron chi connectivity index (χ4n) is 2.53. The van der Waals surface area contributed by atoms with Gasteiger partial charge in [-0.05, 0) is 58.9 Å². The van der Waals surface area contributed by atoms with Gasteiger partial charge in [-0.25, -0.2) is 0 Å². The van der Waals surface area contributed by atoms with Crippen molar-refractivity contribution in [2.24, 2.45) is 5.73 Å². The van der Waals surface area contributed by atoms with Crippen LogP contribution in [0.3, 0.4) is 0 Å². The van der Waals surface area contributed by atoms with E-state index >= 15 is 0 Å². The quantitative estimate of drug-likeness (QED) is 0.795. The van der Waals surface area contributed by atoms with E-state index in [-0.39, 0.29) is 5.91 Å². The van der Waals surface area contributed by atoms with Crippen LogP contribution in [-0.4, -0.2) is 27.3 Å². The highest BCUT2D eigenvalue weighted by molar-refractivity contribution is 5.84. The lowest BCUT2D eigenvalue weighted by molar-refractivity contribution is -0.124. The number of hydrogen-bond donors (Lipinski definition) is 2. The molecule has 0 aliphatic heterocycles. The second-order valence-corrected chi connectivity index (χ2v) is 6.24. The first kappa shape index (κ1) is 15.0. The van der Waals surface area contributed by atoms with Crippen LogP contribution in [-0.2, 0) is 11.3 Å². The number of nitrogens with two attached hydrogens (primary N) is 1. The third kappa shape index (κ3) is 3.20. The number of primary amides is 1. The third-order valence-electron chi connectivity index (χ3n) is 4.43. The molecule has 0 aromatic carbocycles. The van der Waals surface area contributed by atoms with Gasteiger partial charge in [-0.15, -0.1) is 0 Å². The van der Waals surface area contributed by atoms with E-state index in [4.69, 9.17) is 5.73 Å². The van der Waals surface area contributed by atoms with Crippen molar-refractivity contribution in [1.29, 1.82) is 0 Å². The van der Waals surface area contributed by atoms with Crippen LogP contribution in [0.1, 0.15) is 49.6 Å². The number of amides is 1. The Kier molecular flexibility index (Phi) is 4.18. The predicted octanol–water partition coefficient (Wildman–Crippen LogP) is 1.58. The first-order valence-electron chi connectivity index (χ1n) is 7.41. The summed E-state index contributed by atoms with van der Waals surface area (Å²) in [7, 11) is 0. The Morgan fingerprint density at radius 2 is 2.10 bits per heavy atom. The van der Waals surface area contributed by atoms with Crippen LogP contribution in [0, 0.1) is 20.8 Å². The monoisotopic (exact) mass is 278 g/mol. The van der Waals surface area contributed by atoms with Gasteiger partial charge in [0.15, 0.2) is 0 Å². The van der Waals surface area contributed by atoms with Gasteiger partial charge in [-0.2, -0.15) is 5.10 Å². The maximum absolute atomic E-state index is 11.7. The number of hydrogen-bond acceptors (Lipinski definition) is 3. The molecule has 5 nitrogen and oxygen atoms in total. The zero-order valence-electron chi connectivity index (χ0n) is 13.0. The molecule has 1 aliphatic rings. The van der Waals surface area contributed by atoms with Crippen LogP contribution in [0.5, 0.6) is 0 Å². The molecule has 112 valence electrons. The molecule has 20 heavy (non-hydrogen) atoms. The summed E-state index contributed by atoms with van der Waals surface area (Å²) in [4.78, 5) is 11.7. The number of aryl methyl sites for hydroxylation is 2. The molecule has 1 amide bonds. The fraction of sp³-hybridized carbons (Fsp3) is 0.733. The van der Waals surface area contributed by atoms with Crippen LogP contribution in [0.2, 0.25) is 0 Å². The van der Waals surface area contributed by atoms with E-state index in [0.717, 1.165) is 37.9 Å². The van der Waals surface area contributed by atoms with Crippen molar-refractivity contribution in [3.63, 3.8) is 0 Å². The van der Waals surface area contributed by atoms with Crippen molar-refractivity contribution in [2.75, 3.05) is 0 Å². The second-order valence-electron chi connectivity index (χ2n) is 6.24. The SMILES string of the molecule is Cc1nn(CCCC(C)(NC2CC2)C(N)=O)c(C)c1C. The van der Waals surface area contributed by atoms with Crippen LogP contribution in [0.4, 0.5) is 0 Å². The Labute approximate surface area is 120 Å². The van der Waals surface area contributed by atoms with E-state index in [0.29, 0.717) is 6.04 Å². The summed E-state index contributed by atoms with van der Waals surface area (Å²) in [6.07, 6.45) is 3.94. The minimum atomic E-state index is -0.591. The molecule has 0 spiro atoms. The van der Waals surface area contributed by atoms with Gasteiger partial charge in [0.1, 0.15) is 0 Å². The summed E-state index contributed by atoms with van der Waals surface area (Å²) in [5, 5.41) is 7.91. The lowest BCUT2D eigenvalue weighted by atomic mass is 9.94. The molecule has 1 aliphatic carbocycles. The first-order chi connectivity index (χ1) is 9.33. The summed E-state index contributed by atoms with van der Waals surface area (Å²) in [6, 6.07) is 0.475. The second kappa shape index (κ2) is 5.56. The molecule has 1 atom stereocenters. The highest BCUT2D eigenvalue weighted by Crippen LogP contribution is 2.25. The average Bonchev–Trinajstić information content (AvgIpc) is 3.15. The van der Waals surface area contributed by atoms with Gasteiger partial charge >= 0.3 is 0 Å². The number of carbonyl (C=O) groups excluding carboxylic acids is 1. The van der Waals surface area contributed by atoms with Crippen molar-refractivity contribution in [3.05, 3.63) is 17.0 Å². The molecule has 0 bridgehead atoms. The Morgan fingerprint density at radius 1 is 1.45 bits per heavy atom. The number of carbonyl (C=O) groups is 1. The van der Waals surface area contributed by atoms with Gasteiger partial charge in [0.05, 0.1) is 11.2 Å². The molecule has 5 heteroatoms. The molecule has 1 aromatic rings. The lowest BCUT2D eigenvalue weighted by Gasteiger charge is -2.27. The van der Waals surface area contributed by atoms with Gasteiger partial charge in [0.2, 0.25) is 5.91 Å². The number of aromatic nitrogens is 2. The number of rotatable bonds is 7. The van der Waals surface area contributed by atoms with E-state index in [1.54, 1.807) is 0 Å². The largest absolute Gasteiger partial charge is 0.368 e. The predicted molar refractivity (Wildman–Crippen MR) is 79.4 cm³/mol. The molecule has 1 aromatic heterocycles. The summed E-state index contributed by atoms with van der Waals surface area (Å²) in [5.41, 5.74) is 8.51. The maximum atomic E-state index is 11.7. The first-order valence-corrected chi connectivity index (χ1v) is 7.41. The highest BCUT2D eigenvalue weighted by Gasteiger charge is 2.36. The number of nitrogens with zero attached hydrogens (tertiary/aromatic N) is 2. The molecule has 1 unspecified atom stereocenters. The van der Waals surface area contributed by atoms with Crippen molar-refractivity contribution in [1.82, 2.24) is 15.1 Å². The summed E-state index contributed by atoms with van der Waals surface area (Å²) >= 11 is 0. The summed E-state index contributed by atoms with van der Waals surface area (Å²) in [5.74, 6) is -0.256. The van der Waals surface area contributed by atoms with Crippen LogP contribution in [0.15, 0.2) is 0 Å². The van der Waals surface area contributed by atoms with Crippen LogP contribution >= 0.6 is 0 Å². The molecular formula is C15H26N4O. The van der Waals surface area contributed by atoms with E-state index in [2.05, 4.69) is 24.3 Å². The van der Waals surface area contributed by atoms with E-state index in [1.807, 2.05) is 18.5 Å². The van der Waals surface area contributed by atoms with Gasteiger partial charge in [-0.1, -0.05) is 0 Å². The Balaban J connectivity index is 1.92. The normalized spacial score (nSPS) is 18.0. The standard InChI is InChI=1S/C15H26N4O/c1-10-11(2)18-19(12(10)3)9-5-8-15(4,14(16)20)17-13-6-7-13/h13,17H,5-9H2,1-4H3,(H2,16,20). The highest BCUT2D eigenvalue weighted by atomic mass is 16.1. The molecular weight excluding hydrogens is 252 g/mol. The van der Waals surface area contributed by atoms with Gasteiger partial charge in [0.25, 0.3) is 0 Å². The van der Waals surface area contributed by atoms with Crippen molar-refractivity contribution < 1.29 is 4.79 Å². The van der Waals surface area contributed by atoms with Crippen LogP contribution < -0.4 is 11.1 Å². The Hall–Kier alpha value is -1.36. The maximum Gasteiger partial charge on any atom is 0.237 e. The van der Waals surface area contributed by atoms with Crippen molar-refractivity contribution >= 4 is 5.91 Å². The summed E-state index contributed by atoms with van der Waals surface area (Å²) < 4.78 is 2.03. The fourth-order valence-corrected chi connectivity index (χ4v) is 2.53.